The zero-order chi connectivity index (χ0) is 20.1. The Balaban J connectivity index is 0.00000300. The average Bonchev–Trinajstić information content (AvgIpc) is 2.67. The summed E-state index contributed by atoms with van der Waals surface area (Å²) in [4.78, 5) is 18.2. The highest BCUT2D eigenvalue weighted by atomic mass is 127. The standard InChI is InChI=1S/C22H34N4O2.HI/c1-22(2)12-9-16(10-13-22)24-21(23-15-20(27)26(3)4)25-18-11-14-28-19-8-6-5-7-17(18)19;/h5-8,16,18H,9-15H2,1-4H3,(H2,23,24,25);1H. The number of halogens is 1. The fourth-order valence-corrected chi connectivity index (χ4v) is 3.82. The van der Waals surface area contributed by atoms with Crippen molar-refractivity contribution in [2.24, 2.45) is 10.4 Å². The molecule has 0 saturated heterocycles. The van der Waals surface area contributed by atoms with Crippen LogP contribution >= 0.6 is 24.0 Å². The quantitative estimate of drug-likeness (QED) is 0.365. The second kappa shape index (κ2) is 10.5. The average molecular weight is 514 g/mol. The smallest absolute Gasteiger partial charge is 0.243 e. The van der Waals surface area contributed by atoms with Crippen LogP contribution in [0.4, 0.5) is 0 Å². The third-order valence-corrected chi connectivity index (χ3v) is 5.82. The molecule has 7 heteroatoms. The van der Waals surface area contributed by atoms with Crippen LogP contribution in [0.15, 0.2) is 29.3 Å². The van der Waals surface area contributed by atoms with E-state index in [1.165, 1.54) is 12.8 Å². The Morgan fingerprint density at radius 3 is 2.55 bits per heavy atom. The van der Waals surface area contributed by atoms with Crippen molar-refractivity contribution in [3.63, 3.8) is 0 Å². The summed E-state index contributed by atoms with van der Waals surface area (Å²) >= 11 is 0. The number of hydrogen-bond acceptors (Lipinski definition) is 3. The number of aliphatic imine (C=N–C) groups is 1. The maximum atomic E-state index is 12.1. The third kappa shape index (κ3) is 6.76. The van der Waals surface area contributed by atoms with E-state index in [2.05, 4.69) is 35.5 Å². The van der Waals surface area contributed by atoms with Crippen LogP contribution in [0, 0.1) is 5.41 Å². The number of rotatable bonds is 4. The summed E-state index contributed by atoms with van der Waals surface area (Å²) in [5.74, 6) is 1.65. The van der Waals surface area contributed by atoms with Gasteiger partial charge in [-0.1, -0.05) is 32.0 Å². The van der Waals surface area contributed by atoms with Gasteiger partial charge in [-0.15, -0.1) is 24.0 Å². The maximum absolute atomic E-state index is 12.1. The number of nitrogens with zero attached hydrogens (tertiary/aromatic N) is 2. The number of benzene rings is 1. The number of carbonyl (C=O) groups is 1. The highest BCUT2D eigenvalue weighted by molar-refractivity contribution is 14.0. The molecule has 1 aliphatic heterocycles. The Labute approximate surface area is 191 Å². The first-order valence-corrected chi connectivity index (χ1v) is 10.3. The molecule has 1 aliphatic carbocycles. The lowest BCUT2D eigenvalue weighted by atomic mass is 9.75. The first-order valence-electron chi connectivity index (χ1n) is 10.3. The zero-order valence-corrected chi connectivity index (χ0v) is 20.4. The first-order chi connectivity index (χ1) is 13.3. The normalized spacial score (nSPS) is 21.2. The summed E-state index contributed by atoms with van der Waals surface area (Å²) in [5, 5.41) is 7.16. The van der Waals surface area contributed by atoms with Gasteiger partial charge in [0.2, 0.25) is 5.91 Å². The van der Waals surface area contributed by atoms with E-state index >= 15 is 0 Å². The van der Waals surface area contributed by atoms with Crippen molar-refractivity contribution >= 4 is 35.8 Å². The van der Waals surface area contributed by atoms with Gasteiger partial charge in [0, 0.05) is 32.1 Å². The van der Waals surface area contributed by atoms with Gasteiger partial charge in [0.25, 0.3) is 0 Å². The largest absolute Gasteiger partial charge is 0.493 e. The summed E-state index contributed by atoms with van der Waals surface area (Å²) in [6.45, 7) is 5.50. The number of fused-ring (bicyclic) bond motifs is 1. The molecule has 6 nitrogen and oxygen atoms in total. The maximum Gasteiger partial charge on any atom is 0.243 e. The van der Waals surface area contributed by atoms with Crippen LogP contribution in [0.25, 0.3) is 0 Å². The molecule has 162 valence electrons. The Morgan fingerprint density at radius 1 is 1.17 bits per heavy atom. The van der Waals surface area contributed by atoms with Crippen molar-refractivity contribution in [3.05, 3.63) is 29.8 Å². The number of likely N-dealkylation sites (N-methyl/N-ethyl adjacent to an activating group) is 1. The number of ether oxygens (including phenoxy) is 1. The number of guanidine groups is 1. The zero-order valence-electron chi connectivity index (χ0n) is 18.0. The van der Waals surface area contributed by atoms with Gasteiger partial charge in [0.05, 0.1) is 12.6 Å². The van der Waals surface area contributed by atoms with Crippen LogP contribution in [0.3, 0.4) is 0 Å². The summed E-state index contributed by atoms with van der Waals surface area (Å²) in [6.07, 6.45) is 5.53. The summed E-state index contributed by atoms with van der Waals surface area (Å²) < 4.78 is 5.78. The monoisotopic (exact) mass is 514 g/mol. The van der Waals surface area contributed by atoms with E-state index in [1.807, 2.05) is 18.2 Å². The molecule has 1 fully saturated rings. The molecule has 1 atom stereocenters. The lowest BCUT2D eigenvalue weighted by Crippen LogP contribution is -2.47. The Bertz CT molecular complexity index is 711. The van der Waals surface area contributed by atoms with Gasteiger partial charge in [0.1, 0.15) is 12.3 Å². The van der Waals surface area contributed by atoms with Crippen LogP contribution in [-0.4, -0.2) is 50.1 Å². The van der Waals surface area contributed by atoms with E-state index in [-0.39, 0.29) is 42.5 Å². The molecule has 29 heavy (non-hydrogen) atoms. The molecule has 0 bridgehead atoms. The van der Waals surface area contributed by atoms with Gasteiger partial charge in [-0.3, -0.25) is 4.79 Å². The molecule has 0 radical (unpaired) electrons. The van der Waals surface area contributed by atoms with Crippen LogP contribution < -0.4 is 15.4 Å². The third-order valence-electron chi connectivity index (χ3n) is 5.82. The van der Waals surface area contributed by atoms with E-state index in [1.54, 1.807) is 19.0 Å². The van der Waals surface area contributed by atoms with E-state index in [4.69, 9.17) is 4.74 Å². The van der Waals surface area contributed by atoms with Crippen LogP contribution in [0.1, 0.15) is 57.6 Å². The molecular formula is C22H35IN4O2. The number of para-hydroxylation sites is 1. The van der Waals surface area contributed by atoms with Crippen molar-refractivity contribution in [2.45, 2.75) is 58.0 Å². The second-order valence-corrected chi connectivity index (χ2v) is 8.91. The summed E-state index contributed by atoms with van der Waals surface area (Å²) in [7, 11) is 3.52. The van der Waals surface area contributed by atoms with Gasteiger partial charge < -0.3 is 20.3 Å². The number of nitrogens with one attached hydrogen (secondary N) is 2. The van der Waals surface area contributed by atoms with Crippen LogP contribution in [-0.2, 0) is 4.79 Å². The van der Waals surface area contributed by atoms with Gasteiger partial charge in [-0.25, -0.2) is 4.99 Å². The molecule has 1 aromatic rings. The fraction of sp³-hybridized carbons (Fsp3) is 0.636. The topological polar surface area (TPSA) is 66.0 Å². The fourth-order valence-electron chi connectivity index (χ4n) is 3.82. The van der Waals surface area contributed by atoms with E-state index in [0.29, 0.717) is 18.1 Å². The molecule has 2 aliphatic rings. The highest BCUT2D eigenvalue weighted by Gasteiger charge is 2.28. The van der Waals surface area contributed by atoms with E-state index in [9.17, 15) is 4.79 Å². The predicted octanol–water partition coefficient (Wildman–Crippen LogP) is 3.72. The summed E-state index contributed by atoms with van der Waals surface area (Å²) in [6, 6.07) is 8.65. The molecule has 1 saturated carbocycles. The van der Waals surface area contributed by atoms with Crippen LogP contribution in [0.2, 0.25) is 0 Å². The van der Waals surface area contributed by atoms with Crippen molar-refractivity contribution < 1.29 is 9.53 Å². The van der Waals surface area contributed by atoms with Crippen LogP contribution in [0.5, 0.6) is 5.75 Å². The van der Waals surface area contributed by atoms with Crippen molar-refractivity contribution in [3.8, 4) is 5.75 Å². The van der Waals surface area contributed by atoms with Gasteiger partial charge in [-0.2, -0.15) is 0 Å². The minimum atomic E-state index is -0.00162. The molecule has 1 aromatic carbocycles. The molecule has 0 spiro atoms. The van der Waals surface area contributed by atoms with E-state index < -0.39 is 0 Å². The molecule has 0 aromatic heterocycles. The SMILES string of the molecule is CN(C)C(=O)CN=C(NC1CCC(C)(C)CC1)NC1CCOc2ccccc21.I. The van der Waals surface area contributed by atoms with Crippen molar-refractivity contribution in [2.75, 3.05) is 27.2 Å². The van der Waals surface area contributed by atoms with Gasteiger partial charge in [-0.05, 0) is 37.2 Å². The van der Waals surface area contributed by atoms with Crippen molar-refractivity contribution in [1.29, 1.82) is 0 Å². The van der Waals surface area contributed by atoms with Gasteiger partial charge in [0.15, 0.2) is 5.96 Å². The lowest BCUT2D eigenvalue weighted by molar-refractivity contribution is -0.127. The summed E-state index contributed by atoms with van der Waals surface area (Å²) in [5.41, 5.74) is 1.57. The lowest BCUT2D eigenvalue weighted by Gasteiger charge is -2.36. The predicted molar refractivity (Wildman–Crippen MR) is 128 cm³/mol. The Kier molecular flexibility index (Phi) is 8.60. The van der Waals surface area contributed by atoms with Crippen molar-refractivity contribution in [1.82, 2.24) is 15.5 Å². The second-order valence-electron chi connectivity index (χ2n) is 8.91. The molecule has 1 unspecified atom stereocenters. The molecule has 3 rings (SSSR count). The number of amides is 1. The van der Waals surface area contributed by atoms with Gasteiger partial charge >= 0.3 is 0 Å². The number of carbonyl (C=O) groups excluding carboxylic acids is 1. The minimum absolute atomic E-state index is 0. The minimum Gasteiger partial charge on any atom is -0.493 e. The molecule has 1 heterocycles. The highest BCUT2D eigenvalue weighted by Crippen LogP contribution is 2.35. The molecular weight excluding hydrogens is 479 g/mol. The Morgan fingerprint density at radius 2 is 1.86 bits per heavy atom. The first kappa shape index (κ1) is 23.8. The molecule has 2 N–H and O–H groups in total. The number of hydrogen-bond donors (Lipinski definition) is 2. The Hall–Kier alpha value is -1.51. The van der Waals surface area contributed by atoms with E-state index in [0.717, 1.165) is 36.5 Å². The molecule has 1 amide bonds.